The van der Waals surface area contributed by atoms with Gasteiger partial charge in [-0.05, 0) is 24.5 Å². The van der Waals surface area contributed by atoms with E-state index in [-0.39, 0.29) is 0 Å². The molecule has 0 saturated carbocycles. The van der Waals surface area contributed by atoms with Crippen LogP contribution < -0.4 is 4.74 Å². The lowest BCUT2D eigenvalue weighted by atomic mass is 10.0. The van der Waals surface area contributed by atoms with Gasteiger partial charge in [0.15, 0.2) is 0 Å². The van der Waals surface area contributed by atoms with Crippen LogP contribution in [0.2, 0.25) is 0 Å². The van der Waals surface area contributed by atoms with Gasteiger partial charge in [-0.3, -0.25) is 0 Å². The van der Waals surface area contributed by atoms with Crippen molar-refractivity contribution < 1.29 is 4.74 Å². The summed E-state index contributed by atoms with van der Waals surface area (Å²) < 4.78 is 5.59. The maximum absolute atomic E-state index is 5.59. The molecule has 0 N–H and O–H groups in total. The number of benzene rings is 1. The van der Waals surface area contributed by atoms with Gasteiger partial charge >= 0.3 is 0 Å². The Morgan fingerprint density at radius 1 is 1.54 bits per heavy atom. The van der Waals surface area contributed by atoms with Gasteiger partial charge in [-0.2, -0.15) is 12.6 Å². The SMILES string of the molecule is CCc1ccc2c(c1)OCCC2S. The van der Waals surface area contributed by atoms with Crippen LogP contribution in [0.1, 0.15) is 29.7 Å². The molecule has 1 unspecified atom stereocenters. The van der Waals surface area contributed by atoms with E-state index in [4.69, 9.17) is 4.74 Å². The Kier molecular flexibility index (Phi) is 2.49. The second kappa shape index (κ2) is 3.62. The Morgan fingerprint density at radius 3 is 3.15 bits per heavy atom. The number of thiol groups is 1. The third kappa shape index (κ3) is 1.68. The third-order valence-electron chi connectivity index (χ3n) is 2.49. The van der Waals surface area contributed by atoms with Crippen LogP contribution in [-0.2, 0) is 6.42 Å². The van der Waals surface area contributed by atoms with E-state index in [0.29, 0.717) is 5.25 Å². The van der Waals surface area contributed by atoms with Gasteiger partial charge in [0.25, 0.3) is 0 Å². The molecule has 70 valence electrons. The summed E-state index contributed by atoms with van der Waals surface area (Å²) in [6.07, 6.45) is 2.08. The first kappa shape index (κ1) is 8.95. The number of aryl methyl sites for hydroxylation is 1. The summed E-state index contributed by atoms with van der Waals surface area (Å²) in [7, 11) is 0. The smallest absolute Gasteiger partial charge is 0.123 e. The molecule has 0 aromatic heterocycles. The number of ether oxygens (including phenoxy) is 1. The van der Waals surface area contributed by atoms with Gasteiger partial charge < -0.3 is 4.74 Å². The minimum absolute atomic E-state index is 0.356. The molecule has 0 fully saturated rings. The van der Waals surface area contributed by atoms with Crippen molar-refractivity contribution in [1.82, 2.24) is 0 Å². The lowest BCUT2D eigenvalue weighted by Crippen LogP contribution is -2.10. The van der Waals surface area contributed by atoms with Crippen molar-refractivity contribution in [2.45, 2.75) is 25.0 Å². The first-order valence-electron chi connectivity index (χ1n) is 4.75. The van der Waals surface area contributed by atoms with E-state index in [2.05, 4.69) is 37.8 Å². The molecule has 0 amide bonds. The molecule has 1 aromatic carbocycles. The molecule has 1 aromatic rings. The lowest BCUT2D eigenvalue weighted by Gasteiger charge is -2.22. The van der Waals surface area contributed by atoms with Crippen molar-refractivity contribution in [3.05, 3.63) is 29.3 Å². The van der Waals surface area contributed by atoms with Gasteiger partial charge in [0.2, 0.25) is 0 Å². The fourth-order valence-electron chi connectivity index (χ4n) is 1.63. The maximum atomic E-state index is 5.59. The van der Waals surface area contributed by atoms with Crippen LogP contribution in [0.3, 0.4) is 0 Å². The Bertz CT molecular complexity index is 309. The van der Waals surface area contributed by atoms with Crippen molar-refractivity contribution in [1.29, 1.82) is 0 Å². The first-order chi connectivity index (χ1) is 6.31. The normalized spacial score (nSPS) is 20.6. The fourth-order valence-corrected chi connectivity index (χ4v) is 1.95. The summed E-state index contributed by atoms with van der Waals surface area (Å²) in [4.78, 5) is 0. The molecule has 0 spiro atoms. The van der Waals surface area contributed by atoms with Crippen LogP contribution in [0.5, 0.6) is 5.75 Å². The van der Waals surface area contributed by atoms with Gasteiger partial charge in [-0.1, -0.05) is 19.1 Å². The molecule has 1 atom stereocenters. The van der Waals surface area contributed by atoms with E-state index in [1.807, 2.05) is 0 Å². The van der Waals surface area contributed by atoms with Crippen LogP contribution in [0.25, 0.3) is 0 Å². The molecule has 0 saturated heterocycles. The zero-order chi connectivity index (χ0) is 9.26. The van der Waals surface area contributed by atoms with Crippen molar-refractivity contribution >= 4 is 12.6 Å². The quantitative estimate of drug-likeness (QED) is 0.676. The average Bonchev–Trinajstić information content (AvgIpc) is 2.18. The van der Waals surface area contributed by atoms with Gasteiger partial charge in [0, 0.05) is 10.8 Å². The first-order valence-corrected chi connectivity index (χ1v) is 5.26. The van der Waals surface area contributed by atoms with Crippen LogP contribution in [0.4, 0.5) is 0 Å². The predicted molar refractivity (Wildman–Crippen MR) is 57.7 cm³/mol. The molecule has 0 radical (unpaired) electrons. The van der Waals surface area contributed by atoms with E-state index in [0.717, 1.165) is 25.2 Å². The molecule has 2 rings (SSSR count). The molecule has 1 heterocycles. The topological polar surface area (TPSA) is 9.23 Å². The monoisotopic (exact) mass is 194 g/mol. The highest BCUT2D eigenvalue weighted by Crippen LogP contribution is 2.36. The van der Waals surface area contributed by atoms with Gasteiger partial charge in [-0.15, -0.1) is 0 Å². The molecule has 1 aliphatic heterocycles. The number of fused-ring (bicyclic) bond motifs is 1. The zero-order valence-corrected chi connectivity index (χ0v) is 8.68. The van der Waals surface area contributed by atoms with E-state index < -0.39 is 0 Å². The summed E-state index contributed by atoms with van der Waals surface area (Å²) in [5.74, 6) is 1.03. The minimum atomic E-state index is 0.356. The highest BCUT2D eigenvalue weighted by atomic mass is 32.1. The van der Waals surface area contributed by atoms with Crippen LogP contribution >= 0.6 is 12.6 Å². The highest BCUT2D eigenvalue weighted by molar-refractivity contribution is 7.80. The summed E-state index contributed by atoms with van der Waals surface area (Å²) in [6, 6.07) is 6.44. The Labute approximate surface area is 84.5 Å². The molecular weight excluding hydrogens is 180 g/mol. The van der Waals surface area contributed by atoms with E-state index >= 15 is 0 Å². The Hall–Kier alpha value is -0.630. The minimum Gasteiger partial charge on any atom is -0.493 e. The number of hydrogen-bond acceptors (Lipinski definition) is 2. The summed E-state index contributed by atoms with van der Waals surface area (Å²) in [5, 5.41) is 0.356. The summed E-state index contributed by atoms with van der Waals surface area (Å²) in [5.41, 5.74) is 2.58. The molecule has 1 aliphatic rings. The predicted octanol–water partition coefficient (Wildman–Crippen LogP) is 3.00. The number of rotatable bonds is 1. The Morgan fingerprint density at radius 2 is 2.38 bits per heavy atom. The van der Waals surface area contributed by atoms with Crippen LogP contribution in [0.15, 0.2) is 18.2 Å². The van der Waals surface area contributed by atoms with Gasteiger partial charge in [-0.25, -0.2) is 0 Å². The number of hydrogen-bond donors (Lipinski definition) is 1. The molecule has 0 bridgehead atoms. The van der Waals surface area contributed by atoms with Crippen LogP contribution in [-0.4, -0.2) is 6.61 Å². The molecule has 0 aliphatic carbocycles. The molecule has 13 heavy (non-hydrogen) atoms. The van der Waals surface area contributed by atoms with E-state index in [1.54, 1.807) is 0 Å². The highest BCUT2D eigenvalue weighted by Gasteiger charge is 2.17. The van der Waals surface area contributed by atoms with E-state index in [1.165, 1.54) is 11.1 Å². The Balaban J connectivity index is 2.39. The molecule has 2 heteroatoms. The van der Waals surface area contributed by atoms with Gasteiger partial charge in [0.1, 0.15) is 5.75 Å². The van der Waals surface area contributed by atoms with Crippen molar-refractivity contribution in [2.75, 3.05) is 6.61 Å². The van der Waals surface area contributed by atoms with Crippen molar-refractivity contribution in [2.24, 2.45) is 0 Å². The largest absolute Gasteiger partial charge is 0.493 e. The fraction of sp³-hybridized carbons (Fsp3) is 0.455. The summed E-state index contributed by atoms with van der Waals surface area (Å²) >= 11 is 4.52. The zero-order valence-electron chi connectivity index (χ0n) is 7.79. The lowest BCUT2D eigenvalue weighted by molar-refractivity contribution is 0.286. The standard InChI is InChI=1S/C11H14OS/c1-2-8-3-4-9-10(7-8)12-6-5-11(9)13/h3-4,7,11,13H,2,5-6H2,1H3. The van der Waals surface area contributed by atoms with Crippen molar-refractivity contribution in [3.8, 4) is 5.75 Å². The van der Waals surface area contributed by atoms with E-state index in [9.17, 15) is 0 Å². The second-order valence-corrected chi connectivity index (χ2v) is 4.00. The maximum Gasteiger partial charge on any atom is 0.123 e. The average molecular weight is 194 g/mol. The second-order valence-electron chi connectivity index (χ2n) is 3.38. The van der Waals surface area contributed by atoms with Gasteiger partial charge in [0.05, 0.1) is 6.61 Å². The summed E-state index contributed by atoms with van der Waals surface area (Å²) in [6.45, 7) is 2.96. The molecular formula is C11H14OS. The third-order valence-corrected chi connectivity index (χ3v) is 3.03. The molecule has 1 nitrogen and oxygen atoms in total. The van der Waals surface area contributed by atoms with Crippen molar-refractivity contribution in [3.63, 3.8) is 0 Å². The van der Waals surface area contributed by atoms with Crippen LogP contribution in [0, 0.1) is 0 Å².